The number of hydrogen-bond acceptors (Lipinski definition) is 3. The van der Waals surface area contributed by atoms with Gasteiger partial charge in [0.25, 0.3) is 0 Å². The van der Waals surface area contributed by atoms with Crippen molar-refractivity contribution in [2.24, 2.45) is 0 Å². The fourth-order valence-corrected chi connectivity index (χ4v) is 0.939. The SMILES string of the molecule is O[C@H]1[C@H](O)CC[C@@H]1O. The van der Waals surface area contributed by atoms with Gasteiger partial charge in [-0.25, -0.2) is 0 Å². The Balaban J connectivity index is 2.44. The van der Waals surface area contributed by atoms with E-state index in [0.29, 0.717) is 12.8 Å². The van der Waals surface area contributed by atoms with Gasteiger partial charge in [0, 0.05) is 0 Å². The van der Waals surface area contributed by atoms with Crippen molar-refractivity contribution in [2.75, 3.05) is 0 Å². The first-order chi connectivity index (χ1) is 3.72. The highest BCUT2D eigenvalue weighted by molar-refractivity contribution is 4.83. The van der Waals surface area contributed by atoms with Gasteiger partial charge in [0.2, 0.25) is 0 Å². The van der Waals surface area contributed by atoms with Crippen LogP contribution in [0.4, 0.5) is 0 Å². The Morgan fingerprint density at radius 3 is 1.38 bits per heavy atom. The molecule has 0 aromatic carbocycles. The molecule has 0 unspecified atom stereocenters. The molecule has 1 fully saturated rings. The fourth-order valence-electron chi connectivity index (χ4n) is 0.939. The van der Waals surface area contributed by atoms with Crippen molar-refractivity contribution in [2.45, 2.75) is 31.2 Å². The van der Waals surface area contributed by atoms with Crippen molar-refractivity contribution in [1.29, 1.82) is 0 Å². The zero-order chi connectivity index (χ0) is 6.15. The van der Waals surface area contributed by atoms with E-state index in [2.05, 4.69) is 0 Å². The lowest BCUT2D eigenvalue weighted by Gasteiger charge is -2.08. The lowest BCUT2D eigenvalue weighted by Crippen LogP contribution is -2.28. The van der Waals surface area contributed by atoms with Gasteiger partial charge >= 0.3 is 0 Å². The summed E-state index contributed by atoms with van der Waals surface area (Å²) < 4.78 is 0. The van der Waals surface area contributed by atoms with Gasteiger partial charge < -0.3 is 15.3 Å². The Morgan fingerprint density at radius 2 is 1.25 bits per heavy atom. The van der Waals surface area contributed by atoms with Crippen LogP contribution in [0.1, 0.15) is 12.8 Å². The third-order valence-corrected chi connectivity index (χ3v) is 1.55. The molecule has 0 bridgehead atoms. The second kappa shape index (κ2) is 2.01. The van der Waals surface area contributed by atoms with Crippen molar-refractivity contribution in [3.63, 3.8) is 0 Å². The molecular weight excluding hydrogens is 108 g/mol. The van der Waals surface area contributed by atoms with Gasteiger partial charge in [0.05, 0.1) is 12.2 Å². The van der Waals surface area contributed by atoms with E-state index in [-0.39, 0.29) is 0 Å². The standard InChI is InChI=1S/C5H10O3/c6-3-1-2-4(7)5(3)8/h3-8H,1-2H2/t3-,4+,5+. The first-order valence-electron chi connectivity index (χ1n) is 2.76. The second-order valence-corrected chi connectivity index (χ2v) is 2.20. The van der Waals surface area contributed by atoms with Crippen molar-refractivity contribution in [1.82, 2.24) is 0 Å². The zero-order valence-corrected chi connectivity index (χ0v) is 4.49. The van der Waals surface area contributed by atoms with Crippen LogP contribution in [-0.2, 0) is 0 Å². The van der Waals surface area contributed by atoms with Crippen LogP contribution in [0.25, 0.3) is 0 Å². The van der Waals surface area contributed by atoms with Crippen LogP contribution in [0, 0.1) is 0 Å². The Bertz CT molecular complexity index is 73.7. The van der Waals surface area contributed by atoms with E-state index in [4.69, 9.17) is 15.3 Å². The van der Waals surface area contributed by atoms with Crippen LogP contribution in [-0.4, -0.2) is 33.6 Å². The minimum Gasteiger partial charge on any atom is -0.390 e. The minimum absolute atomic E-state index is 0.516. The van der Waals surface area contributed by atoms with Crippen LogP contribution >= 0.6 is 0 Å². The summed E-state index contributed by atoms with van der Waals surface area (Å²) >= 11 is 0. The largest absolute Gasteiger partial charge is 0.390 e. The molecular formula is C5H10O3. The van der Waals surface area contributed by atoms with Gasteiger partial charge in [-0.3, -0.25) is 0 Å². The van der Waals surface area contributed by atoms with Gasteiger partial charge in [0.1, 0.15) is 6.10 Å². The van der Waals surface area contributed by atoms with Crippen molar-refractivity contribution in [3.05, 3.63) is 0 Å². The molecule has 1 aliphatic rings. The van der Waals surface area contributed by atoms with Gasteiger partial charge in [-0.2, -0.15) is 0 Å². The predicted molar refractivity (Wildman–Crippen MR) is 27.3 cm³/mol. The Kier molecular flexibility index (Phi) is 1.51. The molecule has 0 aliphatic heterocycles. The van der Waals surface area contributed by atoms with Crippen LogP contribution in [0.2, 0.25) is 0 Å². The predicted octanol–water partition coefficient (Wildman–Crippen LogP) is -1.14. The quantitative estimate of drug-likeness (QED) is 0.377. The molecule has 0 aromatic heterocycles. The monoisotopic (exact) mass is 118 g/mol. The molecule has 48 valence electrons. The summed E-state index contributed by atoms with van der Waals surface area (Å²) in [5.74, 6) is 0. The summed E-state index contributed by atoms with van der Waals surface area (Å²) in [6.45, 7) is 0. The number of aliphatic hydroxyl groups excluding tert-OH is 3. The molecule has 1 saturated carbocycles. The average Bonchev–Trinajstić information content (AvgIpc) is 1.98. The zero-order valence-electron chi connectivity index (χ0n) is 4.49. The summed E-state index contributed by atoms with van der Waals surface area (Å²) in [5.41, 5.74) is 0. The van der Waals surface area contributed by atoms with Gasteiger partial charge in [-0.1, -0.05) is 0 Å². The minimum atomic E-state index is -0.907. The molecule has 0 amide bonds. The van der Waals surface area contributed by atoms with E-state index >= 15 is 0 Å². The first kappa shape index (κ1) is 6.01. The average molecular weight is 118 g/mol. The summed E-state index contributed by atoms with van der Waals surface area (Å²) in [6, 6.07) is 0. The highest BCUT2D eigenvalue weighted by Gasteiger charge is 2.31. The van der Waals surface area contributed by atoms with Crippen LogP contribution in [0.3, 0.4) is 0 Å². The first-order valence-corrected chi connectivity index (χ1v) is 2.76. The van der Waals surface area contributed by atoms with Crippen LogP contribution in [0.5, 0.6) is 0 Å². The van der Waals surface area contributed by atoms with E-state index < -0.39 is 18.3 Å². The van der Waals surface area contributed by atoms with Gasteiger partial charge in [-0.05, 0) is 12.8 Å². The van der Waals surface area contributed by atoms with Crippen molar-refractivity contribution < 1.29 is 15.3 Å². The maximum atomic E-state index is 8.77. The molecule has 3 nitrogen and oxygen atoms in total. The van der Waals surface area contributed by atoms with E-state index in [1.165, 1.54) is 0 Å². The maximum absolute atomic E-state index is 8.77. The number of rotatable bonds is 0. The van der Waals surface area contributed by atoms with Crippen molar-refractivity contribution in [3.8, 4) is 0 Å². The Morgan fingerprint density at radius 1 is 0.875 bits per heavy atom. The Labute approximate surface area is 47.6 Å². The molecule has 1 rings (SSSR count). The van der Waals surface area contributed by atoms with Crippen LogP contribution in [0.15, 0.2) is 0 Å². The molecule has 1 aliphatic carbocycles. The molecule has 3 N–H and O–H groups in total. The third kappa shape index (κ3) is 0.844. The molecule has 0 spiro atoms. The lowest BCUT2D eigenvalue weighted by atomic mass is 10.2. The number of hydrogen-bond donors (Lipinski definition) is 3. The Hall–Kier alpha value is -0.120. The normalized spacial score (nSPS) is 47.6. The van der Waals surface area contributed by atoms with E-state index in [1.54, 1.807) is 0 Å². The third-order valence-electron chi connectivity index (χ3n) is 1.55. The summed E-state index contributed by atoms with van der Waals surface area (Å²) in [6.07, 6.45) is -1.28. The molecule has 0 heterocycles. The molecule has 0 radical (unpaired) electrons. The van der Waals surface area contributed by atoms with E-state index in [0.717, 1.165) is 0 Å². The molecule has 3 atom stereocenters. The summed E-state index contributed by atoms with van der Waals surface area (Å²) in [5, 5.41) is 26.3. The highest BCUT2D eigenvalue weighted by Crippen LogP contribution is 2.18. The van der Waals surface area contributed by atoms with Gasteiger partial charge in [0.15, 0.2) is 0 Å². The molecule has 0 saturated heterocycles. The molecule has 8 heavy (non-hydrogen) atoms. The topological polar surface area (TPSA) is 60.7 Å². The summed E-state index contributed by atoms with van der Waals surface area (Å²) in [7, 11) is 0. The second-order valence-electron chi connectivity index (χ2n) is 2.20. The number of aliphatic hydroxyl groups is 3. The van der Waals surface area contributed by atoms with Gasteiger partial charge in [-0.15, -0.1) is 0 Å². The van der Waals surface area contributed by atoms with Crippen LogP contribution < -0.4 is 0 Å². The fraction of sp³-hybridized carbons (Fsp3) is 1.00. The van der Waals surface area contributed by atoms with E-state index in [1.807, 2.05) is 0 Å². The molecule has 3 heteroatoms. The molecule has 0 aromatic rings. The maximum Gasteiger partial charge on any atom is 0.106 e. The highest BCUT2D eigenvalue weighted by atomic mass is 16.4. The van der Waals surface area contributed by atoms with E-state index in [9.17, 15) is 0 Å². The lowest BCUT2D eigenvalue weighted by molar-refractivity contribution is -0.0182. The van der Waals surface area contributed by atoms with Crippen molar-refractivity contribution >= 4 is 0 Å². The smallest absolute Gasteiger partial charge is 0.106 e. The summed E-state index contributed by atoms with van der Waals surface area (Å²) in [4.78, 5) is 0.